The van der Waals surface area contributed by atoms with Crippen molar-refractivity contribution in [3.8, 4) is 0 Å². The Kier molecular flexibility index (Phi) is 3.87. The Balaban J connectivity index is 2.18. The van der Waals surface area contributed by atoms with Crippen LogP contribution in [0.3, 0.4) is 0 Å². The molecule has 2 heterocycles. The Hall–Kier alpha value is -0.870. The summed E-state index contributed by atoms with van der Waals surface area (Å²) < 4.78 is 3.48. The van der Waals surface area contributed by atoms with E-state index in [2.05, 4.69) is 57.9 Å². The molecule has 20 heavy (non-hydrogen) atoms. The topological polar surface area (TPSA) is 29.9 Å². The number of nitrogens with zero attached hydrogens (tertiary/aromatic N) is 2. The van der Waals surface area contributed by atoms with Gasteiger partial charge in [0, 0.05) is 11.0 Å². The van der Waals surface area contributed by atoms with Crippen LogP contribution >= 0.6 is 15.9 Å². The van der Waals surface area contributed by atoms with Crippen LogP contribution in [-0.2, 0) is 12.1 Å². The van der Waals surface area contributed by atoms with Crippen molar-refractivity contribution in [1.29, 1.82) is 0 Å². The Morgan fingerprint density at radius 1 is 1.40 bits per heavy atom. The fraction of sp³-hybridized carbons (Fsp3) is 0.562. The van der Waals surface area contributed by atoms with Crippen LogP contribution in [0.2, 0.25) is 0 Å². The summed E-state index contributed by atoms with van der Waals surface area (Å²) in [7, 11) is 0. The molecule has 1 unspecified atom stereocenters. The lowest BCUT2D eigenvalue weighted by molar-refractivity contribution is 0.324. The quantitative estimate of drug-likeness (QED) is 0.907. The first kappa shape index (κ1) is 14.1. The molecule has 3 nitrogen and oxygen atoms in total. The van der Waals surface area contributed by atoms with Gasteiger partial charge in [0.1, 0.15) is 5.82 Å². The predicted molar refractivity (Wildman–Crippen MR) is 86.9 cm³/mol. The van der Waals surface area contributed by atoms with Crippen molar-refractivity contribution in [3.05, 3.63) is 28.5 Å². The molecule has 1 fully saturated rings. The maximum atomic E-state index is 4.99. The molecule has 0 spiro atoms. The summed E-state index contributed by atoms with van der Waals surface area (Å²) in [6.45, 7) is 6.55. The van der Waals surface area contributed by atoms with E-state index in [0.717, 1.165) is 29.5 Å². The van der Waals surface area contributed by atoms with E-state index in [4.69, 9.17) is 4.98 Å². The van der Waals surface area contributed by atoms with Crippen molar-refractivity contribution in [2.24, 2.45) is 0 Å². The van der Waals surface area contributed by atoms with Crippen LogP contribution in [0, 0.1) is 0 Å². The van der Waals surface area contributed by atoms with Crippen LogP contribution in [0.4, 0.5) is 0 Å². The van der Waals surface area contributed by atoms with Gasteiger partial charge in [-0.3, -0.25) is 0 Å². The minimum atomic E-state index is 0.0796. The Morgan fingerprint density at radius 3 is 2.90 bits per heavy atom. The minimum Gasteiger partial charge on any atom is -0.327 e. The molecule has 0 amide bonds. The van der Waals surface area contributed by atoms with Crippen molar-refractivity contribution in [2.45, 2.75) is 51.6 Å². The van der Waals surface area contributed by atoms with Crippen LogP contribution in [0.25, 0.3) is 11.0 Å². The van der Waals surface area contributed by atoms with Gasteiger partial charge in [0.15, 0.2) is 0 Å². The minimum absolute atomic E-state index is 0.0796. The summed E-state index contributed by atoms with van der Waals surface area (Å²) in [6.07, 6.45) is 4.79. The smallest absolute Gasteiger partial charge is 0.130 e. The highest BCUT2D eigenvalue weighted by Gasteiger charge is 2.38. The summed E-state index contributed by atoms with van der Waals surface area (Å²) in [6, 6.07) is 6.40. The summed E-state index contributed by atoms with van der Waals surface area (Å²) in [5.74, 6) is 1.23. The van der Waals surface area contributed by atoms with E-state index in [1.807, 2.05) is 0 Å². The number of aryl methyl sites for hydroxylation is 1. The lowest BCUT2D eigenvalue weighted by atomic mass is 9.91. The maximum Gasteiger partial charge on any atom is 0.130 e. The highest BCUT2D eigenvalue weighted by molar-refractivity contribution is 9.10. The third kappa shape index (κ3) is 2.19. The SMILES string of the molecule is CCCC1(c2nc3cc(Br)ccc3n2CC)CCCN1. The standard InChI is InChI=1S/C16H22BrN3/c1-3-8-16(9-5-10-18-16)15-19-13-11-12(17)6-7-14(13)20(15)4-2/h6-7,11,18H,3-5,8-10H2,1-2H3. The van der Waals surface area contributed by atoms with Gasteiger partial charge >= 0.3 is 0 Å². The molecule has 1 aliphatic rings. The van der Waals surface area contributed by atoms with Crippen LogP contribution in [-0.4, -0.2) is 16.1 Å². The molecule has 0 aliphatic carbocycles. The van der Waals surface area contributed by atoms with Crippen molar-refractivity contribution >= 4 is 27.0 Å². The molecule has 3 rings (SSSR count). The molecule has 0 saturated carbocycles. The fourth-order valence-electron chi connectivity index (χ4n) is 3.54. The molecule has 1 aromatic heterocycles. The van der Waals surface area contributed by atoms with Gasteiger partial charge in [-0.15, -0.1) is 0 Å². The largest absolute Gasteiger partial charge is 0.327 e. The number of imidazole rings is 1. The van der Waals surface area contributed by atoms with E-state index in [0.29, 0.717) is 0 Å². The Morgan fingerprint density at radius 2 is 2.25 bits per heavy atom. The average molecular weight is 336 g/mol. The van der Waals surface area contributed by atoms with Gasteiger partial charge in [-0.2, -0.15) is 0 Å². The van der Waals surface area contributed by atoms with Crippen LogP contribution < -0.4 is 5.32 Å². The van der Waals surface area contributed by atoms with Crippen LogP contribution in [0.5, 0.6) is 0 Å². The monoisotopic (exact) mass is 335 g/mol. The lowest BCUT2D eigenvalue weighted by Crippen LogP contribution is -2.39. The molecular formula is C16H22BrN3. The van der Waals surface area contributed by atoms with Crippen molar-refractivity contribution in [1.82, 2.24) is 14.9 Å². The third-order valence-electron chi connectivity index (χ3n) is 4.38. The summed E-state index contributed by atoms with van der Waals surface area (Å²) >= 11 is 3.55. The van der Waals surface area contributed by atoms with E-state index < -0.39 is 0 Å². The molecule has 1 N–H and O–H groups in total. The van der Waals surface area contributed by atoms with Gasteiger partial charge < -0.3 is 9.88 Å². The molecule has 1 aliphatic heterocycles. The number of fused-ring (bicyclic) bond motifs is 1. The van der Waals surface area contributed by atoms with E-state index in [-0.39, 0.29) is 5.54 Å². The zero-order valence-electron chi connectivity index (χ0n) is 12.2. The molecule has 1 aromatic carbocycles. The summed E-state index contributed by atoms with van der Waals surface area (Å²) in [5, 5.41) is 3.74. The fourth-order valence-corrected chi connectivity index (χ4v) is 3.89. The Labute approximate surface area is 128 Å². The van der Waals surface area contributed by atoms with E-state index in [1.165, 1.54) is 30.6 Å². The van der Waals surface area contributed by atoms with E-state index in [1.54, 1.807) is 0 Å². The van der Waals surface area contributed by atoms with Crippen LogP contribution in [0.1, 0.15) is 45.4 Å². The lowest BCUT2D eigenvalue weighted by Gasteiger charge is -2.29. The highest BCUT2D eigenvalue weighted by Crippen LogP contribution is 2.36. The van der Waals surface area contributed by atoms with E-state index >= 15 is 0 Å². The number of nitrogens with one attached hydrogen (secondary N) is 1. The molecular weight excluding hydrogens is 314 g/mol. The molecule has 108 valence electrons. The summed E-state index contributed by atoms with van der Waals surface area (Å²) in [5.41, 5.74) is 2.42. The molecule has 4 heteroatoms. The van der Waals surface area contributed by atoms with Gasteiger partial charge in [-0.05, 0) is 50.9 Å². The zero-order chi connectivity index (χ0) is 14.2. The van der Waals surface area contributed by atoms with Crippen molar-refractivity contribution in [2.75, 3.05) is 6.54 Å². The number of benzene rings is 1. The predicted octanol–water partition coefficient (Wildman–Crippen LogP) is 4.20. The molecule has 2 aromatic rings. The molecule has 0 bridgehead atoms. The number of rotatable bonds is 4. The van der Waals surface area contributed by atoms with Gasteiger partial charge in [-0.1, -0.05) is 29.3 Å². The van der Waals surface area contributed by atoms with Gasteiger partial charge in [0.2, 0.25) is 0 Å². The first-order chi connectivity index (χ1) is 9.70. The maximum absolute atomic E-state index is 4.99. The molecule has 1 atom stereocenters. The highest BCUT2D eigenvalue weighted by atomic mass is 79.9. The van der Waals surface area contributed by atoms with Gasteiger partial charge in [0.05, 0.1) is 16.6 Å². The van der Waals surface area contributed by atoms with Crippen molar-refractivity contribution < 1.29 is 0 Å². The zero-order valence-corrected chi connectivity index (χ0v) is 13.8. The molecule has 0 radical (unpaired) electrons. The van der Waals surface area contributed by atoms with Crippen LogP contribution in [0.15, 0.2) is 22.7 Å². The van der Waals surface area contributed by atoms with E-state index in [9.17, 15) is 0 Å². The number of hydrogen-bond donors (Lipinski definition) is 1. The molecule has 1 saturated heterocycles. The van der Waals surface area contributed by atoms with Gasteiger partial charge in [0.25, 0.3) is 0 Å². The first-order valence-corrected chi connectivity index (χ1v) is 8.41. The number of halogens is 1. The second-order valence-electron chi connectivity index (χ2n) is 5.68. The second kappa shape index (κ2) is 5.49. The third-order valence-corrected chi connectivity index (χ3v) is 4.87. The summed E-state index contributed by atoms with van der Waals surface area (Å²) in [4.78, 5) is 4.99. The second-order valence-corrected chi connectivity index (χ2v) is 6.59. The first-order valence-electron chi connectivity index (χ1n) is 7.61. The van der Waals surface area contributed by atoms with Crippen molar-refractivity contribution in [3.63, 3.8) is 0 Å². The van der Waals surface area contributed by atoms with Gasteiger partial charge in [-0.25, -0.2) is 4.98 Å². The number of aromatic nitrogens is 2. The normalized spacial score (nSPS) is 22.8. The average Bonchev–Trinajstić information content (AvgIpc) is 3.03. The Bertz CT molecular complexity index is 611. The number of hydrogen-bond acceptors (Lipinski definition) is 2.